The van der Waals surface area contributed by atoms with Gasteiger partial charge in [-0.2, -0.15) is 0 Å². The van der Waals surface area contributed by atoms with E-state index in [1.165, 1.54) is 0 Å². The molecule has 0 N–H and O–H groups in total. The molecule has 3 nitrogen and oxygen atoms in total. The van der Waals surface area contributed by atoms with Crippen LogP contribution in [0.3, 0.4) is 0 Å². The summed E-state index contributed by atoms with van der Waals surface area (Å²) in [5.74, 6) is 1.50. The lowest BCUT2D eigenvalue weighted by molar-refractivity contribution is 0.293. The molecule has 0 saturated carbocycles. The minimum atomic E-state index is 0.514. The molecule has 1 aromatic carbocycles. The van der Waals surface area contributed by atoms with Crippen molar-refractivity contribution in [3.05, 3.63) is 53.7 Å². The van der Waals surface area contributed by atoms with Gasteiger partial charge in [0.05, 0.1) is 7.11 Å². The van der Waals surface area contributed by atoms with Gasteiger partial charge in [-0.25, -0.2) is 4.98 Å². The van der Waals surface area contributed by atoms with Gasteiger partial charge in [-0.1, -0.05) is 12.1 Å². The minimum absolute atomic E-state index is 0.514. The van der Waals surface area contributed by atoms with Crippen LogP contribution in [0, 0.1) is 6.92 Å². The number of hydrogen-bond donors (Lipinski definition) is 0. The number of ether oxygens (including phenoxy) is 2. The number of nitrogens with zero attached hydrogens (tertiary/aromatic N) is 1. The SMILES string of the molecule is COc1ccc(COc2cc(C)ccn2)cc1. The van der Waals surface area contributed by atoms with Crippen LogP contribution < -0.4 is 9.47 Å². The molecule has 0 unspecified atom stereocenters. The number of pyridine rings is 1. The fourth-order valence-corrected chi connectivity index (χ4v) is 1.47. The van der Waals surface area contributed by atoms with Crippen LogP contribution in [-0.4, -0.2) is 12.1 Å². The van der Waals surface area contributed by atoms with E-state index in [4.69, 9.17) is 9.47 Å². The van der Waals surface area contributed by atoms with E-state index in [1.807, 2.05) is 43.3 Å². The molecule has 17 heavy (non-hydrogen) atoms. The van der Waals surface area contributed by atoms with E-state index in [9.17, 15) is 0 Å². The predicted octanol–water partition coefficient (Wildman–Crippen LogP) is 2.98. The smallest absolute Gasteiger partial charge is 0.213 e. The van der Waals surface area contributed by atoms with Crippen molar-refractivity contribution in [2.24, 2.45) is 0 Å². The summed E-state index contributed by atoms with van der Waals surface area (Å²) in [6, 6.07) is 11.7. The molecular formula is C14H15NO2. The molecule has 0 bridgehead atoms. The summed E-state index contributed by atoms with van der Waals surface area (Å²) in [5, 5.41) is 0. The molecule has 0 atom stereocenters. The number of aromatic nitrogens is 1. The van der Waals surface area contributed by atoms with E-state index in [2.05, 4.69) is 4.98 Å². The van der Waals surface area contributed by atoms with Gasteiger partial charge in [0, 0.05) is 12.3 Å². The second kappa shape index (κ2) is 5.34. The van der Waals surface area contributed by atoms with Crippen molar-refractivity contribution >= 4 is 0 Å². The second-order valence-electron chi connectivity index (χ2n) is 3.81. The molecule has 0 aliphatic rings. The van der Waals surface area contributed by atoms with Crippen LogP contribution >= 0.6 is 0 Å². The first kappa shape index (κ1) is 11.5. The Morgan fingerprint density at radius 2 is 1.88 bits per heavy atom. The third-order valence-corrected chi connectivity index (χ3v) is 2.44. The summed E-state index contributed by atoms with van der Waals surface area (Å²) in [5.41, 5.74) is 2.24. The average molecular weight is 229 g/mol. The van der Waals surface area contributed by atoms with Crippen LogP contribution in [-0.2, 0) is 6.61 Å². The maximum atomic E-state index is 5.59. The van der Waals surface area contributed by atoms with E-state index >= 15 is 0 Å². The lowest BCUT2D eigenvalue weighted by Gasteiger charge is -2.06. The highest BCUT2D eigenvalue weighted by molar-refractivity contribution is 5.27. The highest BCUT2D eigenvalue weighted by Crippen LogP contribution is 2.14. The van der Waals surface area contributed by atoms with Crippen molar-refractivity contribution in [2.45, 2.75) is 13.5 Å². The highest BCUT2D eigenvalue weighted by atomic mass is 16.5. The Bertz CT molecular complexity index is 480. The molecule has 88 valence electrons. The minimum Gasteiger partial charge on any atom is -0.497 e. The Labute approximate surface area is 101 Å². The van der Waals surface area contributed by atoms with Gasteiger partial charge >= 0.3 is 0 Å². The van der Waals surface area contributed by atoms with Crippen molar-refractivity contribution < 1.29 is 9.47 Å². The summed E-state index contributed by atoms with van der Waals surface area (Å²) in [4.78, 5) is 4.14. The number of benzene rings is 1. The standard InChI is InChI=1S/C14H15NO2/c1-11-7-8-15-14(9-11)17-10-12-3-5-13(16-2)6-4-12/h3-9H,10H2,1-2H3. The van der Waals surface area contributed by atoms with Gasteiger partial charge in [-0.15, -0.1) is 0 Å². The van der Waals surface area contributed by atoms with Crippen LogP contribution in [0.4, 0.5) is 0 Å². The first-order chi connectivity index (χ1) is 8.28. The Morgan fingerprint density at radius 3 is 2.53 bits per heavy atom. The van der Waals surface area contributed by atoms with Gasteiger partial charge in [0.25, 0.3) is 0 Å². The number of methoxy groups -OCH3 is 1. The predicted molar refractivity (Wildman–Crippen MR) is 66.3 cm³/mol. The Morgan fingerprint density at radius 1 is 1.12 bits per heavy atom. The van der Waals surface area contributed by atoms with Crippen molar-refractivity contribution in [3.63, 3.8) is 0 Å². The molecule has 0 aliphatic carbocycles. The molecule has 2 rings (SSSR count). The number of aryl methyl sites for hydroxylation is 1. The van der Waals surface area contributed by atoms with Gasteiger partial charge in [-0.3, -0.25) is 0 Å². The van der Waals surface area contributed by atoms with E-state index in [0.29, 0.717) is 12.5 Å². The molecule has 2 aromatic rings. The Balaban J connectivity index is 1.97. The fraction of sp³-hybridized carbons (Fsp3) is 0.214. The molecule has 0 aliphatic heterocycles. The average Bonchev–Trinajstić information content (AvgIpc) is 2.37. The zero-order valence-corrected chi connectivity index (χ0v) is 10.0. The van der Waals surface area contributed by atoms with E-state index < -0.39 is 0 Å². The van der Waals surface area contributed by atoms with Crippen LogP contribution in [0.5, 0.6) is 11.6 Å². The van der Waals surface area contributed by atoms with E-state index in [-0.39, 0.29) is 0 Å². The van der Waals surface area contributed by atoms with Crippen molar-refractivity contribution in [2.75, 3.05) is 7.11 Å². The van der Waals surface area contributed by atoms with Crippen LogP contribution in [0.1, 0.15) is 11.1 Å². The maximum Gasteiger partial charge on any atom is 0.213 e. The van der Waals surface area contributed by atoms with Gasteiger partial charge < -0.3 is 9.47 Å². The molecule has 1 aromatic heterocycles. The maximum absolute atomic E-state index is 5.59. The van der Waals surface area contributed by atoms with Gasteiger partial charge in [0.1, 0.15) is 12.4 Å². The number of hydrogen-bond acceptors (Lipinski definition) is 3. The number of rotatable bonds is 4. The quantitative estimate of drug-likeness (QED) is 0.807. The second-order valence-corrected chi connectivity index (χ2v) is 3.81. The topological polar surface area (TPSA) is 31.4 Å². The third kappa shape index (κ3) is 3.21. The molecule has 0 fully saturated rings. The van der Waals surface area contributed by atoms with Crippen LogP contribution in [0.15, 0.2) is 42.6 Å². The molecule has 0 radical (unpaired) electrons. The Kier molecular flexibility index (Phi) is 3.60. The van der Waals surface area contributed by atoms with Gasteiger partial charge in [0.2, 0.25) is 5.88 Å². The monoisotopic (exact) mass is 229 g/mol. The lowest BCUT2D eigenvalue weighted by Crippen LogP contribution is -1.97. The summed E-state index contributed by atoms with van der Waals surface area (Å²) in [6.45, 7) is 2.53. The highest BCUT2D eigenvalue weighted by Gasteiger charge is 1.98. The fourth-order valence-electron chi connectivity index (χ4n) is 1.47. The molecule has 0 amide bonds. The van der Waals surface area contributed by atoms with Gasteiger partial charge in [0.15, 0.2) is 0 Å². The summed E-state index contributed by atoms with van der Waals surface area (Å²) < 4.78 is 10.7. The first-order valence-electron chi connectivity index (χ1n) is 5.46. The van der Waals surface area contributed by atoms with Crippen LogP contribution in [0.2, 0.25) is 0 Å². The molecule has 0 saturated heterocycles. The third-order valence-electron chi connectivity index (χ3n) is 2.44. The zero-order valence-electron chi connectivity index (χ0n) is 10.0. The van der Waals surface area contributed by atoms with E-state index in [1.54, 1.807) is 13.3 Å². The zero-order chi connectivity index (χ0) is 12.1. The van der Waals surface area contributed by atoms with Crippen molar-refractivity contribution in [1.29, 1.82) is 0 Å². The van der Waals surface area contributed by atoms with Crippen molar-refractivity contribution in [1.82, 2.24) is 4.98 Å². The molecule has 1 heterocycles. The molecular weight excluding hydrogens is 214 g/mol. The first-order valence-corrected chi connectivity index (χ1v) is 5.46. The largest absolute Gasteiger partial charge is 0.497 e. The van der Waals surface area contributed by atoms with Gasteiger partial charge in [-0.05, 0) is 36.2 Å². The summed E-state index contributed by atoms with van der Waals surface area (Å²) >= 11 is 0. The van der Waals surface area contributed by atoms with Crippen LogP contribution in [0.25, 0.3) is 0 Å². The lowest BCUT2D eigenvalue weighted by atomic mass is 10.2. The normalized spacial score (nSPS) is 10.0. The summed E-state index contributed by atoms with van der Waals surface area (Å²) in [7, 11) is 1.65. The van der Waals surface area contributed by atoms with Crippen molar-refractivity contribution in [3.8, 4) is 11.6 Å². The summed E-state index contributed by atoms with van der Waals surface area (Å²) in [6.07, 6.45) is 1.75. The molecule has 3 heteroatoms. The van der Waals surface area contributed by atoms with E-state index in [0.717, 1.165) is 16.9 Å². The Hall–Kier alpha value is -2.03. The molecule has 0 spiro atoms.